The molecule has 0 saturated carbocycles. The third-order valence-corrected chi connectivity index (χ3v) is 3.53. The number of aliphatic hydroxyl groups excluding tert-OH is 1. The van der Waals surface area contributed by atoms with Crippen molar-refractivity contribution in [3.05, 3.63) is 35.0 Å². The van der Waals surface area contributed by atoms with Gasteiger partial charge in [-0.15, -0.1) is 0 Å². The van der Waals surface area contributed by atoms with Gasteiger partial charge in [0.2, 0.25) is 0 Å². The number of aromatic nitrogens is 1. The van der Waals surface area contributed by atoms with E-state index in [1.54, 1.807) is 12.1 Å². The van der Waals surface area contributed by atoms with Crippen LogP contribution in [0.25, 0.3) is 11.3 Å². The third kappa shape index (κ3) is 2.30. The second-order valence-corrected chi connectivity index (χ2v) is 4.55. The van der Waals surface area contributed by atoms with Gasteiger partial charge in [-0.25, -0.2) is 4.39 Å². The number of halogens is 1. The first-order valence-electron chi connectivity index (χ1n) is 5.32. The predicted octanol–water partition coefficient (Wildman–Crippen LogP) is 2.97. The van der Waals surface area contributed by atoms with Gasteiger partial charge in [-0.3, -0.25) is 0 Å². The largest absolute Gasteiger partial charge is 0.396 e. The highest BCUT2D eigenvalue weighted by molar-refractivity contribution is 7.06. The smallest absolute Gasteiger partial charge is 0.123 e. The fraction of sp³-hybridized carbons (Fsp3) is 0.250. The average molecular weight is 252 g/mol. The number of nitrogens with zero attached hydrogens (tertiary/aromatic N) is 1. The predicted molar refractivity (Wildman–Crippen MR) is 67.2 cm³/mol. The topological polar surface area (TPSA) is 59.1 Å². The van der Waals surface area contributed by atoms with Crippen molar-refractivity contribution < 1.29 is 9.50 Å². The van der Waals surface area contributed by atoms with Crippen molar-refractivity contribution in [3.8, 4) is 11.3 Å². The van der Waals surface area contributed by atoms with Crippen LogP contribution in [0, 0.1) is 5.82 Å². The summed E-state index contributed by atoms with van der Waals surface area (Å²) in [6, 6.07) is 5.99. The van der Waals surface area contributed by atoms with Crippen molar-refractivity contribution >= 4 is 17.2 Å². The molecule has 0 spiro atoms. The van der Waals surface area contributed by atoms with Crippen LogP contribution < -0.4 is 5.73 Å². The Morgan fingerprint density at radius 3 is 2.65 bits per heavy atom. The number of hydrogen-bond donors (Lipinski definition) is 2. The summed E-state index contributed by atoms with van der Waals surface area (Å²) in [6.07, 6.45) is 0.0108. The van der Waals surface area contributed by atoms with E-state index in [1.165, 1.54) is 23.7 Å². The lowest BCUT2D eigenvalue weighted by atomic mass is 10.1. The highest BCUT2D eigenvalue weighted by atomic mass is 32.1. The van der Waals surface area contributed by atoms with Crippen LogP contribution in [0.2, 0.25) is 0 Å². The summed E-state index contributed by atoms with van der Waals surface area (Å²) in [7, 11) is 0. The molecule has 0 aliphatic heterocycles. The Hall–Kier alpha value is -1.46. The molecule has 0 aliphatic carbocycles. The van der Waals surface area contributed by atoms with E-state index in [0.29, 0.717) is 22.7 Å². The molecular formula is C12H13FN2OS. The molecule has 1 aromatic heterocycles. The fourth-order valence-electron chi connectivity index (χ4n) is 1.55. The third-order valence-electron chi connectivity index (χ3n) is 2.56. The molecule has 0 aliphatic rings. The number of benzene rings is 1. The number of nitrogens with two attached hydrogens (primary N) is 1. The van der Waals surface area contributed by atoms with E-state index in [-0.39, 0.29) is 5.82 Å². The van der Waals surface area contributed by atoms with Crippen LogP contribution in [0.3, 0.4) is 0 Å². The summed E-state index contributed by atoms with van der Waals surface area (Å²) >= 11 is 1.19. The molecule has 90 valence electrons. The Labute approximate surface area is 103 Å². The highest BCUT2D eigenvalue weighted by Crippen LogP contribution is 2.35. The van der Waals surface area contributed by atoms with Crippen molar-refractivity contribution in [2.75, 3.05) is 5.73 Å². The normalized spacial score (nSPS) is 12.6. The average Bonchev–Trinajstić information content (AvgIpc) is 2.71. The van der Waals surface area contributed by atoms with Gasteiger partial charge in [-0.1, -0.05) is 6.92 Å². The van der Waals surface area contributed by atoms with Crippen LogP contribution >= 0.6 is 11.5 Å². The standard InChI is InChI=1S/C12H13FN2OS/c1-2-9(16)12-10(14)11(15-17-12)7-3-5-8(13)6-4-7/h3-6,9,16H,2,14H2,1H3. The van der Waals surface area contributed by atoms with E-state index in [0.717, 1.165) is 5.56 Å². The Balaban J connectivity index is 2.40. The maximum Gasteiger partial charge on any atom is 0.123 e. The van der Waals surface area contributed by atoms with E-state index in [4.69, 9.17) is 5.73 Å². The molecule has 2 aromatic rings. The zero-order valence-corrected chi connectivity index (χ0v) is 10.2. The molecule has 1 heterocycles. The SMILES string of the molecule is CCC(O)c1snc(-c2ccc(F)cc2)c1N. The minimum atomic E-state index is -0.582. The Kier molecular flexibility index (Phi) is 3.40. The lowest BCUT2D eigenvalue weighted by molar-refractivity contribution is 0.178. The van der Waals surface area contributed by atoms with E-state index < -0.39 is 6.10 Å². The Bertz CT molecular complexity index is 510. The molecule has 1 unspecified atom stereocenters. The van der Waals surface area contributed by atoms with Gasteiger partial charge in [0.1, 0.15) is 11.5 Å². The summed E-state index contributed by atoms with van der Waals surface area (Å²) in [5.74, 6) is -0.295. The molecule has 3 nitrogen and oxygen atoms in total. The fourth-order valence-corrected chi connectivity index (χ4v) is 2.43. The molecule has 0 bridgehead atoms. The first kappa shape index (κ1) is 12.0. The van der Waals surface area contributed by atoms with Crippen molar-refractivity contribution in [2.24, 2.45) is 0 Å². The lowest BCUT2D eigenvalue weighted by Gasteiger charge is -2.05. The van der Waals surface area contributed by atoms with Crippen LogP contribution in [0.15, 0.2) is 24.3 Å². The van der Waals surface area contributed by atoms with E-state index >= 15 is 0 Å². The van der Waals surface area contributed by atoms with Crippen LogP contribution in [-0.4, -0.2) is 9.48 Å². The quantitative estimate of drug-likeness (QED) is 0.882. The molecule has 1 aromatic carbocycles. The van der Waals surface area contributed by atoms with Gasteiger partial charge in [-0.05, 0) is 42.2 Å². The van der Waals surface area contributed by atoms with Crippen LogP contribution in [-0.2, 0) is 0 Å². The highest BCUT2D eigenvalue weighted by Gasteiger charge is 2.17. The Morgan fingerprint density at radius 2 is 2.06 bits per heavy atom. The number of anilines is 1. The molecule has 17 heavy (non-hydrogen) atoms. The van der Waals surface area contributed by atoms with Gasteiger partial charge in [0.15, 0.2) is 0 Å². The van der Waals surface area contributed by atoms with E-state index in [1.807, 2.05) is 6.92 Å². The van der Waals surface area contributed by atoms with Crippen LogP contribution in [0.5, 0.6) is 0 Å². The molecular weight excluding hydrogens is 239 g/mol. The summed E-state index contributed by atoms with van der Waals surface area (Å²) in [4.78, 5) is 0.673. The molecule has 5 heteroatoms. The van der Waals surface area contributed by atoms with Crippen molar-refractivity contribution in [1.29, 1.82) is 0 Å². The van der Waals surface area contributed by atoms with Gasteiger partial charge in [0.05, 0.1) is 16.7 Å². The number of nitrogen functional groups attached to an aromatic ring is 1. The Morgan fingerprint density at radius 1 is 1.41 bits per heavy atom. The molecule has 0 saturated heterocycles. The van der Waals surface area contributed by atoms with Crippen LogP contribution in [0.1, 0.15) is 24.3 Å². The van der Waals surface area contributed by atoms with Crippen LogP contribution in [0.4, 0.5) is 10.1 Å². The summed E-state index contributed by atoms with van der Waals surface area (Å²) < 4.78 is 17.0. The monoisotopic (exact) mass is 252 g/mol. The minimum absolute atomic E-state index is 0.295. The number of hydrogen-bond acceptors (Lipinski definition) is 4. The second-order valence-electron chi connectivity index (χ2n) is 3.74. The molecule has 0 fully saturated rings. The van der Waals surface area contributed by atoms with Crippen molar-refractivity contribution in [1.82, 2.24) is 4.37 Å². The maximum absolute atomic E-state index is 12.8. The first-order valence-corrected chi connectivity index (χ1v) is 6.09. The molecule has 2 rings (SSSR count). The summed E-state index contributed by atoms with van der Waals surface area (Å²) in [6.45, 7) is 1.88. The number of aliphatic hydroxyl groups is 1. The first-order chi connectivity index (χ1) is 8.13. The zero-order valence-electron chi connectivity index (χ0n) is 9.35. The van der Waals surface area contributed by atoms with Gasteiger partial charge in [-0.2, -0.15) is 4.37 Å². The van der Waals surface area contributed by atoms with Crippen molar-refractivity contribution in [2.45, 2.75) is 19.4 Å². The lowest BCUT2D eigenvalue weighted by Crippen LogP contribution is -1.97. The second kappa shape index (κ2) is 4.81. The molecule has 0 amide bonds. The molecule has 0 radical (unpaired) electrons. The van der Waals surface area contributed by atoms with Gasteiger partial charge >= 0.3 is 0 Å². The maximum atomic E-state index is 12.8. The molecule has 3 N–H and O–H groups in total. The summed E-state index contributed by atoms with van der Waals surface area (Å²) in [5, 5.41) is 9.74. The number of rotatable bonds is 3. The zero-order chi connectivity index (χ0) is 12.4. The minimum Gasteiger partial charge on any atom is -0.396 e. The summed E-state index contributed by atoms with van der Waals surface area (Å²) in [5.41, 5.74) is 7.79. The van der Waals surface area contributed by atoms with Crippen molar-refractivity contribution in [3.63, 3.8) is 0 Å². The van der Waals surface area contributed by atoms with Gasteiger partial charge in [0.25, 0.3) is 0 Å². The van der Waals surface area contributed by atoms with E-state index in [2.05, 4.69) is 4.37 Å². The van der Waals surface area contributed by atoms with Gasteiger partial charge < -0.3 is 10.8 Å². The van der Waals surface area contributed by atoms with E-state index in [9.17, 15) is 9.50 Å². The molecule has 1 atom stereocenters. The van der Waals surface area contributed by atoms with Gasteiger partial charge in [0, 0.05) is 5.56 Å².